The summed E-state index contributed by atoms with van der Waals surface area (Å²) in [7, 11) is 0. The molecule has 1 rings (SSSR count). The van der Waals surface area contributed by atoms with Gasteiger partial charge in [-0.1, -0.05) is 0 Å². The molecule has 2 N–H and O–H groups in total. The normalized spacial score (nSPS) is 11.0. The number of nitrogens with zero attached hydrogens (tertiary/aromatic N) is 2. The molecule has 0 unspecified atom stereocenters. The van der Waals surface area contributed by atoms with E-state index in [9.17, 15) is 13.2 Å². The second kappa shape index (κ2) is 4.67. The van der Waals surface area contributed by atoms with Gasteiger partial charge in [-0.05, 0) is 15.9 Å². The van der Waals surface area contributed by atoms with Crippen molar-refractivity contribution in [3.05, 3.63) is 21.9 Å². The van der Waals surface area contributed by atoms with Crippen LogP contribution in [0.1, 0.15) is 11.1 Å². The van der Waals surface area contributed by atoms with Crippen LogP contribution in [-0.2, 0) is 6.54 Å². The number of alkyl halides is 3. The topological polar surface area (TPSA) is 71.9 Å². The van der Waals surface area contributed by atoms with Crippen LogP contribution in [0.15, 0.2) is 10.8 Å². The Kier molecular flexibility index (Phi) is 3.72. The summed E-state index contributed by atoms with van der Waals surface area (Å²) in [5, 5.41) is 8.74. The Labute approximate surface area is 97.0 Å². The van der Waals surface area contributed by atoms with E-state index in [-0.39, 0.29) is 22.3 Å². The summed E-state index contributed by atoms with van der Waals surface area (Å²) in [6, 6.07) is 1.70. The molecule has 0 saturated carbocycles. The monoisotopic (exact) mass is 295 g/mol. The average molecular weight is 296 g/mol. The number of pyridine rings is 1. The summed E-state index contributed by atoms with van der Waals surface area (Å²) in [5.41, 5.74) is 5.16. The Morgan fingerprint density at radius 2 is 2.19 bits per heavy atom. The van der Waals surface area contributed by atoms with E-state index in [4.69, 9.17) is 11.0 Å². The van der Waals surface area contributed by atoms with Crippen molar-refractivity contribution in [2.24, 2.45) is 5.73 Å². The van der Waals surface area contributed by atoms with Crippen molar-refractivity contribution >= 4 is 15.9 Å². The van der Waals surface area contributed by atoms with Gasteiger partial charge >= 0.3 is 6.36 Å². The minimum atomic E-state index is -4.84. The highest BCUT2D eigenvalue weighted by Crippen LogP contribution is 2.30. The predicted molar refractivity (Wildman–Crippen MR) is 51.2 cm³/mol. The number of nitrogens with two attached hydrogens (primary N) is 1. The summed E-state index contributed by atoms with van der Waals surface area (Å²) >= 11 is 2.94. The van der Waals surface area contributed by atoms with Gasteiger partial charge in [0.25, 0.3) is 0 Å². The van der Waals surface area contributed by atoms with E-state index in [0.717, 1.165) is 6.20 Å². The molecule has 0 aliphatic rings. The van der Waals surface area contributed by atoms with Crippen molar-refractivity contribution in [3.63, 3.8) is 0 Å². The standard InChI is InChI=1S/C8H5BrF3N3O/c9-7-5(2-14)4(1-13)6(3-15-7)16-8(10,11)12/h3H,1,13H2. The third-order valence-corrected chi connectivity index (χ3v) is 2.24. The van der Waals surface area contributed by atoms with Crippen molar-refractivity contribution in [1.29, 1.82) is 5.26 Å². The smallest absolute Gasteiger partial charge is 0.404 e. The van der Waals surface area contributed by atoms with Gasteiger partial charge in [0.2, 0.25) is 0 Å². The molecule has 1 heterocycles. The molecule has 16 heavy (non-hydrogen) atoms. The second-order valence-corrected chi connectivity index (χ2v) is 3.38. The van der Waals surface area contributed by atoms with Crippen LogP contribution in [0.2, 0.25) is 0 Å². The highest BCUT2D eigenvalue weighted by atomic mass is 79.9. The van der Waals surface area contributed by atoms with Crippen molar-refractivity contribution < 1.29 is 17.9 Å². The largest absolute Gasteiger partial charge is 0.573 e. The average Bonchev–Trinajstić information content (AvgIpc) is 2.18. The minimum absolute atomic E-state index is 0.0401. The van der Waals surface area contributed by atoms with Crippen molar-refractivity contribution in [2.45, 2.75) is 12.9 Å². The van der Waals surface area contributed by atoms with E-state index in [1.165, 1.54) is 0 Å². The van der Waals surface area contributed by atoms with Gasteiger partial charge in [-0.2, -0.15) is 5.26 Å². The zero-order valence-corrected chi connectivity index (χ0v) is 9.26. The summed E-state index contributed by atoms with van der Waals surface area (Å²) in [4.78, 5) is 3.56. The Morgan fingerprint density at radius 3 is 2.62 bits per heavy atom. The van der Waals surface area contributed by atoms with Crippen molar-refractivity contribution in [3.8, 4) is 11.8 Å². The molecule has 0 aliphatic carbocycles. The van der Waals surface area contributed by atoms with Crippen molar-refractivity contribution in [2.75, 3.05) is 0 Å². The van der Waals surface area contributed by atoms with Crippen LogP contribution in [0.4, 0.5) is 13.2 Å². The summed E-state index contributed by atoms with van der Waals surface area (Å²) in [6.07, 6.45) is -3.98. The molecule has 0 spiro atoms. The first kappa shape index (κ1) is 12.7. The molecule has 0 saturated heterocycles. The fourth-order valence-corrected chi connectivity index (χ4v) is 1.46. The molecule has 0 atom stereocenters. The first-order valence-corrected chi connectivity index (χ1v) is 4.71. The van der Waals surface area contributed by atoms with Gasteiger partial charge in [0.1, 0.15) is 10.7 Å². The highest BCUT2D eigenvalue weighted by Gasteiger charge is 2.33. The summed E-state index contributed by atoms with van der Waals surface area (Å²) in [5.74, 6) is -0.560. The Hall–Kier alpha value is -1.33. The van der Waals surface area contributed by atoms with Gasteiger partial charge < -0.3 is 10.5 Å². The van der Waals surface area contributed by atoms with Gasteiger partial charge in [0.15, 0.2) is 5.75 Å². The zero-order chi connectivity index (χ0) is 12.3. The van der Waals surface area contributed by atoms with Crippen LogP contribution in [0.25, 0.3) is 0 Å². The van der Waals surface area contributed by atoms with E-state index in [1.807, 2.05) is 0 Å². The fourth-order valence-electron chi connectivity index (χ4n) is 1.03. The first-order chi connectivity index (χ1) is 7.39. The van der Waals surface area contributed by atoms with Crippen LogP contribution in [0, 0.1) is 11.3 Å². The molecule has 0 bridgehead atoms. The maximum Gasteiger partial charge on any atom is 0.573 e. The molecule has 0 fully saturated rings. The molecule has 1 aromatic rings. The van der Waals surface area contributed by atoms with Crippen LogP contribution in [0.3, 0.4) is 0 Å². The SMILES string of the molecule is N#Cc1c(Br)ncc(OC(F)(F)F)c1CN. The van der Waals surface area contributed by atoms with Crippen LogP contribution >= 0.6 is 15.9 Å². The lowest BCUT2D eigenvalue weighted by molar-refractivity contribution is -0.275. The number of hydrogen-bond acceptors (Lipinski definition) is 4. The Bertz CT molecular complexity index is 441. The number of aromatic nitrogens is 1. The molecule has 86 valence electrons. The van der Waals surface area contributed by atoms with E-state index >= 15 is 0 Å². The molecule has 1 aromatic heterocycles. The van der Waals surface area contributed by atoms with E-state index < -0.39 is 12.1 Å². The number of hydrogen-bond donors (Lipinski definition) is 1. The molecular weight excluding hydrogens is 291 g/mol. The third-order valence-electron chi connectivity index (χ3n) is 1.64. The number of ether oxygens (including phenoxy) is 1. The van der Waals surface area contributed by atoms with Crippen molar-refractivity contribution in [1.82, 2.24) is 4.98 Å². The lowest BCUT2D eigenvalue weighted by Crippen LogP contribution is -2.19. The molecule has 0 aliphatic heterocycles. The highest BCUT2D eigenvalue weighted by molar-refractivity contribution is 9.10. The maximum atomic E-state index is 12.0. The molecule has 0 aromatic carbocycles. The lowest BCUT2D eigenvalue weighted by Gasteiger charge is -2.13. The molecular formula is C8H5BrF3N3O. The molecule has 0 radical (unpaired) electrons. The predicted octanol–water partition coefficient (Wildman–Crippen LogP) is 2.07. The van der Waals surface area contributed by atoms with Gasteiger partial charge in [0, 0.05) is 12.1 Å². The zero-order valence-electron chi connectivity index (χ0n) is 7.68. The number of rotatable bonds is 2. The third kappa shape index (κ3) is 2.84. The number of nitriles is 1. The number of halogens is 4. The molecule has 4 nitrogen and oxygen atoms in total. The molecule has 8 heteroatoms. The Balaban J connectivity index is 3.26. The summed E-state index contributed by atoms with van der Waals surface area (Å²) < 4.78 is 39.9. The van der Waals surface area contributed by atoms with Crippen LogP contribution < -0.4 is 10.5 Å². The van der Waals surface area contributed by atoms with E-state index in [1.54, 1.807) is 6.07 Å². The fraction of sp³-hybridized carbons (Fsp3) is 0.250. The summed E-state index contributed by atoms with van der Waals surface area (Å²) in [6.45, 7) is -0.255. The quantitative estimate of drug-likeness (QED) is 0.848. The van der Waals surface area contributed by atoms with Gasteiger partial charge in [-0.15, -0.1) is 13.2 Å². The first-order valence-electron chi connectivity index (χ1n) is 3.92. The Morgan fingerprint density at radius 1 is 1.56 bits per heavy atom. The molecule has 0 amide bonds. The second-order valence-electron chi connectivity index (χ2n) is 2.63. The van der Waals surface area contributed by atoms with Crippen LogP contribution in [0.5, 0.6) is 5.75 Å². The van der Waals surface area contributed by atoms with E-state index in [0.29, 0.717) is 0 Å². The van der Waals surface area contributed by atoms with Gasteiger partial charge in [-0.3, -0.25) is 0 Å². The lowest BCUT2D eigenvalue weighted by atomic mass is 10.1. The maximum absolute atomic E-state index is 12.0. The minimum Gasteiger partial charge on any atom is -0.404 e. The van der Waals surface area contributed by atoms with Gasteiger partial charge in [0.05, 0.1) is 11.8 Å². The van der Waals surface area contributed by atoms with E-state index in [2.05, 4.69) is 25.7 Å². The van der Waals surface area contributed by atoms with Crippen LogP contribution in [-0.4, -0.2) is 11.3 Å². The van der Waals surface area contributed by atoms with Gasteiger partial charge in [-0.25, -0.2) is 4.98 Å².